The van der Waals surface area contributed by atoms with Crippen molar-refractivity contribution in [1.29, 1.82) is 0 Å². The third kappa shape index (κ3) is 4.72. The van der Waals surface area contributed by atoms with E-state index in [4.69, 9.17) is 0 Å². The van der Waals surface area contributed by atoms with Gasteiger partial charge in [0.15, 0.2) is 0 Å². The molecule has 66 valence electrons. The third-order valence-corrected chi connectivity index (χ3v) is 1.90. The number of hydrogen-bond acceptors (Lipinski definition) is 1. The van der Waals surface area contributed by atoms with Gasteiger partial charge in [0, 0.05) is 4.75 Å². The van der Waals surface area contributed by atoms with E-state index in [-0.39, 0.29) is 23.6 Å². The van der Waals surface area contributed by atoms with Crippen molar-refractivity contribution < 1.29 is 18.9 Å². The molecule has 0 saturated heterocycles. The fourth-order valence-electron chi connectivity index (χ4n) is 1.20. The van der Waals surface area contributed by atoms with Gasteiger partial charge in [0.25, 0.3) is 0 Å². The number of benzene rings is 1. The standard InChI is InChI=1S/C11H15S.Li/c1-9-6-4-5-7-10(9)8-11(2,3)12;/h4-7,12H,1,8H2,2-3H3;/q-1;+1. The van der Waals surface area contributed by atoms with Gasteiger partial charge in [-0.1, -0.05) is 26.3 Å². The Bertz CT molecular complexity index is 263. The first kappa shape index (κ1) is 13.0. The molecular weight excluding hydrogens is 171 g/mol. The number of hydrogen-bond donors (Lipinski definition) is 1. The second kappa shape index (κ2) is 5.05. The quantitative estimate of drug-likeness (QED) is 0.379. The predicted molar refractivity (Wildman–Crippen MR) is 57.7 cm³/mol. The van der Waals surface area contributed by atoms with E-state index in [1.165, 1.54) is 5.56 Å². The van der Waals surface area contributed by atoms with Gasteiger partial charge in [0.05, 0.1) is 0 Å². The van der Waals surface area contributed by atoms with Crippen molar-refractivity contribution in [2.45, 2.75) is 25.0 Å². The van der Waals surface area contributed by atoms with Crippen LogP contribution in [0.15, 0.2) is 24.3 Å². The van der Waals surface area contributed by atoms with Crippen LogP contribution in [0.3, 0.4) is 0 Å². The Morgan fingerprint density at radius 3 is 2.31 bits per heavy atom. The largest absolute Gasteiger partial charge is 1.00 e. The molecule has 2 heteroatoms. The van der Waals surface area contributed by atoms with Gasteiger partial charge < -0.3 is 0 Å². The van der Waals surface area contributed by atoms with Gasteiger partial charge >= 0.3 is 18.9 Å². The van der Waals surface area contributed by atoms with E-state index < -0.39 is 0 Å². The summed E-state index contributed by atoms with van der Waals surface area (Å²) in [6.07, 6.45) is 0.968. The molecule has 0 aliphatic heterocycles. The average Bonchev–Trinajstić information content (AvgIpc) is 1.91. The van der Waals surface area contributed by atoms with Gasteiger partial charge in [-0.15, -0.1) is 17.7 Å². The molecule has 1 aromatic rings. The van der Waals surface area contributed by atoms with E-state index in [0.29, 0.717) is 0 Å². The summed E-state index contributed by atoms with van der Waals surface area (Å²) in [5.41, 5.74) is 2.40. The predicted octanol–water partition coefficient (Wildman–Crippen LogP) is 0.124. The second-order valence-corrected chi connectivity index (χ2v) is 4.97. The van der Waals surface area contributed by atoms with Crippen LogP contribution < -0.4 is 18.9 Å². The molecule has 0 heterocycles. The molecule has 0 bridgehead atoms. The molecule has 0 aromatic heterocycles. The fourth-order valence-corrected chi connectivity index (χ4v) is 1.37. The van der Waals surface area contributed by atoms with Crippen molar-refractivity contribution in [1.82, 2.24) is 0 Å². The van der Waals surface area contributed by atoms with Crippen molar-refractivity contribution in [3.05, 3.63) is 42.3 Å². The van der Waals surface area contributed by atoms with Crippen LogP contribution in [0.5, 0.6) is 0 Å². The van der Waals surface area contributed by atoms with E-state index in [9.17, 15) is 0 Å². The Balaban J connectivity index is 0.00000144. The van der Waals surface area contributed by atoms with Crippen LogP contribution in [0.1, 0.15) is 25.0 Å². The summed E-state index contributed by atoms with van der Waals surface area (Å²) in [7, 11) is 0. The molecular formula is C11H15LiS. The van der Waals surface area contributed by atoms with Crippen LogP contribution in [0.4, 0.5) is 0 Å². The number of rotatable bonds is 2. The van der Waals surface area contributed by atoms with Crippen LogP contribution in [0.2, 0.25) is 0 Å². The van der Waals surface area contributed by atoms with Crippen molar-refractivity contribution in [2.75, 3.05) is 0 Å². The fraction of sp³-hybridized carbons (Fsp3) is 0.364. The van der Waals surface area contributed by atoms with Crippen LogP contribution in [0, 0.1) is 6.92 Å². The van der Waals surface area contributed by atoms with Crippen molar-refractivity contribution in [2.24, 2.45) is 0 Å². The SMILES string of the molecule is [CH2-]c1ccccc1CC(C)(C)S.[Li+]. The molecule has 13 heavy (non-hydrogen) atoms. The second-order valence-electron chi connectivity index (χ2n) is 3.76. The Labute approximate surface area is 98.7 Å². The Hall–Kier alpha value is 0.0374. The zero-order valence-electron chi connectivity index (χ0n) is 8.67. The first-order chi connectivity index (χ1) is 5.49. The molecule has 0 aliphatic carbocycles. The topological polar surface area (TPSA) is 0 Å². The first-order valence-electron chi connectivity index (χ1n) is 4.11. The van der Waals surface area contributed by atoms with Gasteiger partial charge in [0.1, 0.15) is 0 Å². The summed E-state index contributed by atoms with van der Waals surface area (Å²) in [4.78, 5) is 0. The van der Waals surface area contributed by atoms with Crippen molar-refractivity contribution >= 4 is 12.6 Å². The molecule has 0 saturated carbocycles. The normalized spacial score (nSPS) is 10.7. The Morgan fingerprint density at radius 1 is 1.31 bits per heavy atom. The number of thiol groups is 1. The molecule has 0 amide bonds. The molecule has 1 aromatic carbocycles. The molecule has 0 radical (unpaired) electrons. The van der Waals surface area contributed by atoms with E-state index in [1.807, 2.05) is 18.2 Å². The Kier molecular flexibility index (Phi) is 5.07. The zero-order chi connectivity index (χ0) is 9.19. The Morgan fingerprint density at radius 2 is 1.85 bits per heavy atom. The molecule has 0 unspecified atom stereocenters. The zero-order valence-corrected chi connectivity index (χ0v) is 9.57. The monoisotopic (exact) mass is 186 g/mol. The van der Waals surface area contributed by atoms with Gasteiger partial charge in [-0.2, -0.15) is 31.2 Å². The maximum absolute atomic E-state index is 4.49. The van der Waals surface area contributed by atoms with Crippen LogP contribution in [-0.2, 0) is 6.42 Å². The van der Waals surface area contributed by atoms with Gasteiger partial charge in [-0.25, -0.2) is 0 Å². The summed E-state index contributed by atoms with van der Waals surface area (Å²) >= 11 is 4.49. The molecule has 0 spiro atoms. The summed E-state index contributed by atoms with van der Waals surface area (Å²) < 4.78 is 0.0494. The molecule has 0 nitrogen and oxygen atoms in total. The maximum Gasteiger partial charge on any atom is 1.00 e. The van der Waals surface area contributed by atoms with Gasteiger partial charge in [0.2, 0.25) is 0 Å². The van der Waals surface area contributed by atoms with E-state index in [2.05, 4.69) is 39.5 Å². The van der Waals surface area contributed by atoms with Crippen molar-refractivity contribution in [3.8, 4) is 0 Å². The summed E-state index contributed by atoms with van der Waals surface area (Å²) in [6.45, 7) is 8.20. The summed E-state index contributed by atoms with van der Waals surface area (Å²) in [5, 5.41) is 0. The molecule has 0 atom stereocenters. The van der Waals surface area contributed by atoms with Crippen molar-refractivity contribution in [3.63, 3.8) is 0 Å². The molecule has 0 aliphatic rings. The first-order valence-corrected chi connectivity index (χ1v) is 4.56. The molecule has 0 N–H and O–H groups in total. The van der Waals surface area contributed by atoms with Gasteiger partial charge in [-0.3, -0.25) is 0 Å². The smallest absolute Gasteiger partial charge is 0.198 e. The molecule has 1 rings (SSSR count). The average molecular weight is 186 g/mol. The van der Waals surface area contributed by atoms with E-state index >= 15 is 0 Å². The summed E-state index contributed by atoms with van der Waals surface area (Å²) in [5.74, 6) is 0. The van der Waals surface area contributed by atoms with Crippen LogP contribution >= 0.6 is 12.6 Å². The van der Waals surface area contributed by atoms with E-state index in [1.54, 1.807) is 0 Å². The van der Waals surface area contributed by atoms with Crippen LogP contribution in [0.25, 0.3) is 0 Å². The van der Waals surface area contributed by atoms with E-state index in [0.717, 1.165) is 12.0 Å². The van der Waals surface area contributed by atoms with Gasteiger partial charge in [-0.05, 0) is 0 Å². The minimum atomic E-state index is 0. The minimum Gasteiger partial charge on any atom is -0.198 e. The summed E-state index contributed by atoms with van der Waals surface area (Å²) in [6, 6.07) is 8.20. The third-order valence-electron chi connectivity index (χ3n) is 1.74. The minimum absolute atomic E-state index is 0. The van der Waals surface area contributed by atoms with Crippen LogP contribution in [-0.4, -0.2) is 4.75 Å². The molecule has 0 fully saturated rings. The maximum atomic E-state index is 4.49.